The summed E-state index contributed by atoms with van der Waals surface area (Å²) in [6.45, 7) is 5.54. The second kappa shape index (κ2) is 6.88. The van der Waals surface area contributed by atoms with Gasteiger partial charge >= 0.3 is 0 Å². The summed E-state index contributed by atoms with van der Waals surface area (Å²) < 4.78 is 0. The molecule has 1 aliphatic heterocycles. The highest BCUT2D eigenvalue weighted by Crippen LogP contribution is 2.26. The summed E-state index contributed by atoms with van der Waals surface area (Å²) in [7, 11) is 0. The van der Waals surface area contributed by atoms with Gasteiger partial charge in [-0.05, 0) is 61.2 Å². The van der Waals surface area contributed by atoms with Crippen LogP contribution in [0.2, 0.25) is 0 Å². The van der Waals surface area contributed by atoms with Gasteiger partial charge in [-0.25, -0.2) is 0 Å². The van der Waals surface area contributed by atoms with Gasteiger partial charge in [0.15, 0.2) is 5.69 Å². The summed E-state index contributed by atoms with van der Waals surface area (Å²) in [4.78, 5) is 18.5. The van der Waals surface area contributed by atoms with Crippen LogP contribution in [0.3, 0.4) is 0 Å². The number of H-pyrrole nitrogens is 1. The SMILES string of the molecule is CC1CCN(Cc2cncc(-c3ccc4[nH]nc(C(N)=O)c4c3)c2)CC1. The van der Waals surface area contributed by atoms with Gasteiger partial charge in [0.1, 0.15) is 0 Å². The molecule has 3 heterocycles. The van der Waals surface area contributed by atoms with E-state index in [0.29, 0.717) is 0 Å². The van der Waals surface area contributed by atoms with E-state index in [1.54, 1.807) is 0 Å². The van der Waals surface area contributed by atoms with E-state index in [0.717, 1.165) is 47.6 Å². The van der Waals surface area contributed by atoms with E-state index in [1.165, 1.54) is 18.4 Å². The molecule has 0 bridgehead atoms. The predicted molar refractivity (Wildman–Crippen MR) is 102 cm³/mol. The fourth-order valence-electron chi connectivity index (χ4n) is 3.59. The van der Waals surface area contributed by atoms with Crippen molar-refractivity contribution in [3.05, 3.63) is 47.9 Å². The number of benzene rings is 1. The maximum atomic E-state index is 11.5. The maximum Gasteiger partial charge on any atom is 0.269 e. The third-order valence-corrected chi connectivity index (χ3v) is 5.21. The number of carbonyl (C=O) groups excluding carboxylic acids is 1. The van der Waals surface area contributed by atoms with Gasteiger partial charge in [-0.2, -0.15) is 5.10 Å². The number of hydrogen-bond acceptors (Lipinski definition) is 4. The second-order valence-electron chi connectivity index (χ2n) is 7.24. The molecule has 0 aliphatic carbocycles. The van der Waals surface area contributed by atoms with Gasteiger partial charge in [-0.3, -0.25) is 19.8 Å². The number of likely N-dealkylation sites (tertiary alicyclic amines) is 1. The minimum atomic E-state index is -0.528. The molecule has 0 atom stereocenters. The van der Waals surface area contributed by atoms with Crippen LogP contribution >= 0.6 is 0 Å². The smallest absolute Gasteiger partial charge is 0.269 e. The number of rotatable bonds is 4. The molecule has 2 aromatic heterocycles. The van der Waals surface area contributed by atoms with Gasteiger partial charge < -0.3 is 5.73 Å². The average Bonchev–Trinajstić information content (AvgIpc) is 3.07. The predicted octanol–water partition coefficient (Wildman–Crippen LogP) is 2.96. The Morgan fingerprint density at radius 3 is 2.81 bits per heavy atom. The van der Waals surface area contributed by atoms with Gasteiger partial charge in [0.2, 0.25) is 0 Å². The van der Waals surface area contributed by atoms with E-state index in [-0.39, 0.29) is 5.69 Å². The minimum Gasteiger partial charge on any atom is -0.364 e. The lowest BCUT2D eigenvalue weighted by molar-refractivity contribution is 0.0997. The highest BCUT2D eigenvalue weighted by molar-refractivity contribution is 6.04. The van der Waals surface area contributed by atoms with Crippen molar-refractivity contribution in [1.29, 1.82) is 0 Å². The fraction of sp³-hybridized carbons (Fsp3) is 0.350. The molecule has 1 amide bonds. The van der Waals surface area contributed by atoms with Gasteiger partial charge in [-0.15, -0.1) is 0 Å². The van der Waals surface area contributed by atoms with Crippen molar-refractivity contribution in [2.24, 2.45) is 11.7 Å². The van der Waals surface area contributed by atoms with Crippen molar-refractivity contribution < 1.29 is 4.79 Å². The van der Waals surface area contributed by atoms with Crippen molar-refractivity contribution in [2.75, 3.05) is 13.1 Å². The fourth-order valence-corrected chi connectivity index (χ4v) is 3.59. The first-order valence-corrected chi connectivity index (χ1v) is 9.05. The Morgan fingerprint density at radius 1 is 1.23 bits per heavy atom. The molecule has 134 valence electrons. The summed E-state index contributed by atoms with van der Waals surface area (Å²) in [5.74, 6) is 0.302. The quantitative estimate of drug-likeness (QED) is 0.758. The molecular weight excluding hydrogens is 326 g/mol. The van der Waals surface area contributed by atoms with Crippen LogP contribution in [-0.2, 0) is 6.54 Å². The summed E-state index contributed by atoms with van der Waals surface area (Å²) in [6.07, 6.45) is 6.32. The molecule has 0 unspecified atom stereocenters. The third-order valence-electron chi connectivity index (χ3n) is 5.21. The number of fused-ring (bicyclic) bond motifs is 1. The Hall–Kier alpha value is -2.73. The number of nitrogens with zero attached hydrogens (tertiary/aromatic N) is 3. The largest absolute Gasteiger partial charge is 0.364 e. The number of aromatic nitrogens is 3. The normalized spacial score (nSPS) is 16.2. The molecular formula is C20H23N5O. The van der Waals surface area contributed by atoms with E-state index >= 15 is 0 Å². The maximum absolute atomic E-state index is 11.5. The van der Waals surface area contributed by atoms with Crippen molar-refractivity contribution in [2.45, 2.75) is 26.3 Å². The van der Waals surface area contributed by atoms with Gasteiger partial charge in [0.05, 0.1) is 5.52 Å². The van der Waals surface area contributed by atoms with E-state index in [9.17, 15) is 4.79 Å². The second-order valence-corrected chi connectivity index (χ2v) is 7.24. The number of amides is 1. The highest BCUT2D eigenvalue weighted by atomic mass is 16.1. The summed E-state index contributed by atoms with van der Waals surface area (Å²) in [5, 5.41) is 7.59. The number of nitrogens with one attached hydrogen (secondary N) is 1. The molecule has 3 N–H and O–H groups in total. The molecule has 1 aromatic carbocycles. The van der Waals surface area contributed by atoms with Gasteiger partial charge in [0.25, 0.3) is 5.91 Å². The Labute approximate surface area is 152 Å². The van der Waals surface area contributed by atoms with Gasteiger partial charge in [-0.1, -0.05) is 13.0 Å². The van der Waals surface area contributed by atoms with E-state index in [4.69, 9.17) is 5.73 Å². The molecule has 0 radical (unpaired) electrons. The van der Waals surface area contributed by atoms with E-state index in [1.807, 2.05) is 30.6 Å². The molecule has 6 nitrogen and oxygen atoms in total. The first kappa shape index (κ1) is 16.7. The molecule has 0 saturated carbocycles. The number of nitrogens with two attached hydrogens (primary N) is 1. The topological polar surface area (TPSA) is 87.9 Å². The first-order chi connectivity index (χ1) is 12.6. The molecule has 0 spiro atoms. The first-order valence-electron chi connectivity index (χ1n) is 9.05. The van der Waals surface area contributed by atoms with Crippen LogP contribution in [0.1, 0.15) is 35.8 Å². The van der Waals surface area contributed by atoms with Crippen LogP contribution in [0.25, 0.3) is 22.0 Å². The monoisotopic (exact) mass is 349 g/mol. The number of hydrogen-bond donors (Lipinski definition) is 2. The van der Waals surface area contributed by atoms with Crippen molar-refractivity contribution in [3.63, 3.8) is 0 Å². The lowest BCUT2D eigenvalue weighted by Crippen LogP contribution is -2.32. The lowest BCUT2D eigenvalue weighted by atomic mass is 9.98. The van der Waals surface area contributed by atoms with E-state index in [2.05, 4.69) is 33.1 Å². The van der Waals surface area contributed by atoms with Crippen molar-refractivity contribution in [3.8, 4) is 11.1 Å². The third kappa shape index (κ3) is 3.32. The van der Waals surface area contributed by atoms with Crippen molar-refractivity contribution >= 4 is 16.8 Å². The zero-order valence-corrected chi connectivity index (χ0v) is 14.9. The number of primary amides is 1. The van der Waals surface area contributed by atoms with Crippen LogP contribution in [0.5, 0.6) is 0 Å². The molecule has 1 aliphatic rings. The van der Waals surface area contributed by atoms with Crippen LogP contribution < -0.4 is 5.73 Å². The molecule has 3 aromatic rings. The van der Waals surface area contributed by atoms with E-state index < -0.39 is 5.91 Å². The number of pyridine rings is 1. The standard InChI is InChI=1S/C20H23N5O/c1-13-4-6-25(7-5-13)12-14-8-16(11-22-10-14)15-2-3-18-17(9-15)19(20(21)26)24-23-18/h2-3,8-11,13H,4-7,12H2,1H3,(H2,21,26)(H,23,24). The van der Waals surface area contributed by atoms with Crippen LogP contribution in [0, 0.1) is 5.92 Å². The van der Waals surface area contributed by atoms with Crippen LogP contribution in [0.4, 0.5) is 0 Å². The Morgan fingerprint density at radius 2 is 2.04 bits per heavy atom. The van der Waals surface area contributed by atoms with Crippen molar-refractivity contribution in [1.82, 2.24) is 20.1 Å². The minimum absolute atomic E-state index is 0.272. The molecule has 1 fully saturated rings. The molecule has 4 rings (SSSR count). The highest BCUT2D eigenvalue weighted by Gasteiger charge is 2.16. The number of carbonyl (C=O) groups is 1. The van der Waals surface area contributed by atoms with Gasteiger partial charge in [0, 0.05) is 29.9 Å². The number of piperidine rings is 1. The number of aromatic amines is 1. The molecule has 1 saturated heterocycles. The summed E-state index contributed by atoms with van der Waals surface area (Å²) >= 11 is 0. The average molecular weight is 349 g/mol. The summed E-state index contributed by atoms with van der Waals surface area (Å²) in [5.41, 5.74) is 9.73. The Balaban J connectivity index is 1.61. The van der Waals surface area contributed by atoms with Crippen LogP contribution in [-0.4, -0.2) is 39.1 Å². The lowest BCUT2D eigenvalue weighted by Gasteiger charge is -2.30. The summed E-state index contributed by atoms with van der Waals surface area (Å²) in [6, 6.07) is 8.05. The molecule has 6 heteroatoms. The zero-order chi connectivity index (χ0) is 18.1. The molecule has 26 heavy (non-hydrogen) atoms. The Bertz CT molecular complexity index is 940. The zero-order valence-electron chi connectivity index (χ0n) is 14.9. The Kier molecular flexibility index (Phi) is 4.42. The van der Waals surface area contributed by atoms with Crippen LogP contribution in [0.15, 0.2) is 36.7 Å².